The van der Waals surface area contributed by atoms with Crippen LogP contribution in [-0.4, -0.2) is 24.2 Å². The van der Waals surface area contributed by atoms with Gasteiger partial charge in [-0.05, 0) is 24.3 Å². The average molecular weight is 324 g/mol. The van der Waals surface area contributed by atoms with E-state index in [0.29, 0.717) is 10.8 Å². The number of aliphatic hydroxyl groups is 1. The number of carbonyl (C=O) groups is 1. The first kappa shape index (κ1) is 16.3. The van der Waals surface area contributed by atoms with Gasteiger partial charge in [0.15, 0.2) is 0 Å². The minimum Gasteiger partial charge on any atom is -0.491 e. The summed E-state index contributed by atoms with van der Waals surface area (Å²) in [5.74, 6) is -0.632. The van der Waals surface area contributed by atoms with Crippen molar-refractivity contribution in [1.29, 1.82) is 0 Å². The second-order valence-corrected chi connectivity index (χ2v) is 4.92. The minimum atomic E-state index is -0.633. The summed E-state index contributed by atoms with van der Waals surface area (Å²) in [6, 6.07) is 10.9. The Morgan fingerprint density at radius 2 is 2.05 bits per heavy atom. The lowest BCUT2D eigenvalue weighted by Crippen LogP contribution is -2.24. The molecule has 0 bridgehead atoms. The Kier molecular flexibility index (Phi) is 5.75. The van der Waals surface area contributed by atoms with Crippen molar-refractivity contribution in [3.63, 3.8) is 0 Å². The van der Waals surface area contributed by atoms with Gasteiger partial charge in [-0.3, -0.25) is 4.79 Å². The van der Waals surface area contributed by atoms with Gasteiger partial charge in [0.05, 0.1) is 12.2 Å². The third-order valence-corrected chi connectivity index (χ3v) is 3.17. The summed E-state index contributed by atoms with van der Waals surface area (Å²) in [6.07, 6.45) is 0. The van der Waals surface area contributed by atoms with Crippen LogP contribution in [-0.2, 0) is 6.54 Å². The molecule has 22 heavy (non-hydrogen) atoms. The van der Waals surface area contributed by atoms with E-state index in [1.165, 1.54) is 12.1 Å². The zero-order chi connectivity index (χ0) is 15.9. The fourth-order valence-corrected chi connectivity index (χ4v) is 2.06. The molecule has 2 aromatic rings. The summed E-state index contributed by atoms with van der Waals surface area (Å²) in [4.78, 5) is 12.0. The molecule has 0 saturated carbocycles. The summed E-state index contributed by atoms with van der Waals surface area (Å²) in [5.41, 5.74) is 0.619. The number of amides is 1. The average Bonchev–Trinajstić information content (AvgIpc) is 2.53. The largest absolute Gasteiger partial charge is 0.491 e. The second kappa shape index (κ2) is 7.77. The number of ether oxygens (including phenoxy) is 1. The van der Waals surface area contributed by atoms with Crippen LogP contribution in [0.1, 0.15) is 15.9 Å². The summed E-state index contributed by atoms with van der Waals surface area (Å²) >= 11 is 5.77. The fraction of sp³-hybridized carbons (Fsp3) is 0.188. The molecule has 1 amide bonds. The van der Waals surface area contributed by atoms with Crippen molar-refractivity contribution in [2.45, 2.75) is 6.54 Å². The SMILES string of the molecule is O=C(NCc1ccccc1OCCO)c1cc(Cl)ccc1F. The van der Waals surface area contributed by atoms with Crippen LogP contribution in [0.15, 0.2) is 42.5 Å². The van der Waals surface area contributed by atoms with Gasteiger partial charge in [-0.15, -0.1) is 0 Å². The lowest BCUT2D eigenvalue weighted by atomic mass is 10.1. The Balaban J connectivity index is 2.06. The van der Waals surface area contributed by atoms with Gasteiger partial charge in [-0.2, -0.15) is 0 Å². The van der Waals surface area contributed by atoms with Crippen LogP contribution in [0.5, 0.6) is 5.75 Å². The van der Waals surface area contributed by atoms with E-state index >= 15 is 0 Å². The van der Waals surface area contributed by atoms with Crippen molar-refractivity contribution < 1.29 is 19.0 Å². The molecule has 4 nitrogen and oxygen atoms in total. The Morgan fingerprint density at radius 3 is 2.82 bits per heavy atom. The maximum atomic E-state index is 13.6. The molecule has 0 spiro atoms. The quantitative estimate of drug-likeness (QED) is 0.859. The molecule has 0 aliphatic rings. The van der Waals surface area contributed by atoms with Crippen molar-refractivity contribution in [3.05, 3.63) is 64.4 Å². The molecule has 2 N–H and O–H groups in total. The number of nitrogens with one attached hydrogen (secondary N) is 1. The number of para-hydroxylation sites is 1. The maximum Gasteiger partial charge on any atom is 0.254 e. The van der Waals surface area contributed by atoms with Gasteiger partial charge in [-0.25, -0.2) is 4.39 Å². The Labute approximate surface area is 132 Å². The molecule has 0 unspecified atom stereocenters. The van der Waals surface area contributed by atoms with Gasteiger partial charge in [0, 0.05) is 17.1 Å². The first-order chi connectivity index (χ1) is 10.6. The predicted octanol–water partition coefficient (Wildman–Crippen LogP) is 2.78. The normalized spacial score (nSPS) is 10.3. The van der Waals surface area contributed by atoms with Crippen LogP contribution in [0.2, 0.25) is 5.02 Å². The van der Waals surface area contributed by atoms with Gasteiger partial charge in [-0.1, -0.05) is 29.8 Å². The lowest BCUT2D eigenvalue weighted by molar-refractivity contribution is 0.0946. The fourth-order valence-electron chi connectivity index (χ4n) is 1.89. The summed E-state index contributed by atoms with van der Waals surface area (Å²) in [6.45, 7) is 0.231. The molecule has 2 rings (SSSR count). The first-order valence-electron chi connectivity index (χ1n) is 6.66. The molecule has 0 aliphatic carbocycles. The molecule has 0 heterocycles. The number of carbonyl (C=O) groups excluding carboxylic acids is 1. The third kappa shape index (κ3) is 4.19. The molecule has 0 aromatic heterocycles. The zero-order valence-corrected chi connectivity index (χ0v) is 12.4. The lowest BCUT2D eigenvalue weighted by Gasteiger charge is -2.11. The van der Waals surface area contributed by atoms with E-state index in [1.54, 1.807) is 24.3 Å². The second-order valence-electron chi connectivity index (χ2n) is 4.49. The molecule has 0 aliphatic heterocycles. The van der Waals surface area contributed by atoms with E-state index in [-0.39, 0.29) is 25.3 Å². The molecule has 0 fully saturated rings. The third-order valence-electron chi connectivity index (χ3n) is 2.93. The smallest absolute Gasteiger partial charge is 0.254 e. The van der Waals surface area contributed by atoms with Crippen LogP contribution in [0.3, 0.4) is 0 Å². The molecule has 116 valence electrons. The van der Waals surface area contributed by atoms with Gasteiger partial charge in [0.25, 0.3) is 5.91 Å². The summed E-state index contributed by atoms with van der Waals surface area (Å²) < 4.78 is 19.0. The number of aliphatic hydroxyl groups excluding tert-OH is 1. The van der Waals surface area contributed by atoms with Gasteiger partial charge in [0.2, 0.25) is 0 Å². The van der Waals surface area contributed by atoms with Crippen LogP contribution in [0.25, 0.3) is 0 Å². The van der Waals surface area contributed by atoms with E-state index < -0.39 is 11.7 Å². The number of benzene rings is 2. The van der Waals surface area contributed by atoms with Crippen LogP contribution < -0.4 is 10.1 Å². The van der Waals surface area contributed by atoms with Gasteiger partial charge in [0.1, 0.15) is 18.2 Å². The van der Waals surface area contributed by atoms with Crippen molar-refractivity contribution in [3.8, 4) is 5.75 Å². The molecule has 0 radical (unpaired) electrons. The molecule has 0 saturated heterocycles. The number of rotatable bonds is 6. The van der Waals surface area contributed by atoms with Crippen LogP contribution in [0, 0.1) is 5.82 Å². The predicted molar refractivity (Wildman–Crippen MR) is 81.6 cm³/mol. The van der Waals surface area contributed by atoms with Crippen molar-refractivity contribution in [2.75, 3.05) is 13.2 Å². The molecule has 6 heteroatoms. The highest BCUT2D eigenvalue weighted by Crippen LogP contribution is 2.18. The van der Waals surface area contributed by atoms with Crippen molar-refractivity contribution in [1.82, 2.24) is 5.32 Å². The van der Waals surface area contributed by atoms with Crippen molar-refractivity contribution in [2.24, 2.45) is 0 Å². The van der Waals surface area contributed by atoms with Gasteiger partial charge >= 0.3 is 0 Å². The first-order valence-corrected chi connectivity index (χ1v) is 7.04. The molecule has 0 atom stereocenters. The maximum absolute atomic E-state index is 13.6. The topological polar surface area (TPSA) is 58.6 Å². The Morgan fingerprint density at radius 1 is 1.27 bits per heavy atom. The monoisotopic (exact) mass is 323 g/mol. The van der Waals surface area contributed by atoms with Crippen LogP contribution >= 0.6 is 11.6 Å². The highest BCUT2D eigenvalue weighted by Gasteiger charge is 2.13. The molecule has 2 aromatic carbocycles. The van der Waals surface area contributed by atoms with E-state index in [0.717, 1.165) is 11.6 Å². The Hall–Kier alpha value is -2.11. The highest BCUT2D eigenvalue weighted by molar-refractivity contribution is 6.31. The van der Waals surface area contributed by atoms with E-state index in [9.17, 15) is 9.18 Å². The minimum absolute atomic E-state index is 0.103. The van der Waals surface area contributed by atoms with Gasteiger partial charge < -0.3 is 15.2 Å². The number of halogens is 2. The zero-order valence-electron chi connectivity index (χ0n) is 11.7. The Bertz CT molecular complexity index is 664. The highest BCUT2D eigenvalue weighted by atomic mass is 35.5. The van der Waals surface area contributed by atoms with E-state index in [1.807, 2.05) is 0 Å². The van der Waals surface area contributed by atoms with E-state index in [4.69, 9.17) is 21.4 Å². The van der Waals surface area contributed by atoms with E-state index in [2.05, 4.69) is 5.32 Å². The molecular formula is C16H15ClFNO3. The number of hydrogen-bond donors (Lipinski definition) is 2. The summed E-state index contributed by atoms with van der Waals surface area (Å²) in [7, 11) is 0. The van der Waals surface area contributed by atoms with Crippen LogP contribution in [0.4, 0.5) is 4.39 Å². The standard InChI is InChI=1S/C16H15ClFNO3/c17-12-5-6-14(18)13(9-12)16(21)19-10-11-3-1-2-4-15(11)22-8-7-20/h1-6,9,20H,7-8,10H2,(H,19,21). The summed E-state index contributed by atoms with van der Waals surface area (Å²) in [5, 5.41) is 11.7. The van der Waals surface area contributed by atoms with Crippen molar-refractivity contribution >= 4 is 17.5 Å². The number of hydrogen-bond acceptors (Lipinski definition) is 3. The molecular weight excluding hydrogens is 309 g/mol.